The second kappa shape index (κ2) is 3.65. The second-order valence-electron chi connectivity index (χ2n) is 3.25. The Hall–Kier alpha value is -2.37. The van der Waals surface area contributed by atoms with Gasteiger partial charge in [0.05, 0.1) is 18.8 Å². The molecule has 2 N–H and O–H groups in total. The number of imidazole rings is 1. The Morgan fingerprint density at radius 3 is 3.19 bits per heavy atom. The number of hydrogen-bond donors (Lipinski definition) is 2. The highest BCUT2D eigenvalue weighted by atomic mass is 16.5. The van der Waals surface area contributed by atoms with Crippen molar-refractivity contribution in [2.24, 2.45) is 0 Å². The molecular weight excluding hydrogens is 206 g/mol. The fraction of sp³-hybridized carbons (Fsp3) is 0.100. The number of aromatic amines is 1. The van der Waals surface area contributed by atoms with Crippen molar-refractivity contribution in [1.29, 1.82) is 0 Å². The molecule has 0 saturated heterocycles. The van der Waals surface area contributed by atoms with E-state index in [1.54, 1.807) is 18.8 Å². The number of H-pyrrole nitrogens is 1. The van der Waals surface area contributed by atoms with Gasteiger partial charge in [0.25, 0.3) is 0 Å². The topological polar surface area (TPSA) is 75.7 Å². The standard InChI is InChI=1S/C10H9N5O/c1-2-4-16-8(3-1)14-10-11-5-7-9(15-10)13-6-12-7/h1-6,8H,(H2,11,12,13,14,15). The summed E-state index contributed by atoms with van der Waals surface area (Å²) in [6.45, 7) is 0. The van der Waals surface area contributed by atoms with Crippen molar-refractivity contribution in [2.75, 3.05) is 5.32 Å². The molecule has 1 aliphatic heterocycles. The summed E-state index contributed by atoms with van der Waals surface area (Å²) in [5.74, 6) is 0.490. The van der Waals surface area contributed by atoms with E-state index in [4.69, 9.17) is 4.74 Å². The van der Waals surface area contributed by atoms with Gasteiger partial charge >= 0.3 is 0 Å². The molecule has 0 spiro atoms. The van der Waals surface area contributed by atoms with Crippen LogP contribution < -0.4 is 5.32 Å². The quantitative estimate of drug-likeness (QED) is 0.787. The average Bonchev–Trinajstić information content (AvgIpc) is 2.77. The van der Waals surface area contributed by atoms with Crippen LogP contribution in [0.1, 0.15) is 0 Å². The maximum absolute atomic E-state index is 5.29. The van der Waals surface area contributed by atoms with Gasteiger partial charge in [-0.25, -0.2) is 9.97 Å². The van der Waals surface area contributed by atoms with Crippen LogP contribution in [0.4, 0.5) is 5.95 Å². The molecule has 6 heteroatoms. The molecule has 1 unspecified atom stereocenters. The number of aromatic nitrogens is 4. The van der Waals surface area contributed by atoms with Crippen LogP contribution in [0.15, 0.2) is 37.0 Å². The lowest BCUT2D eigenvalue weighted by Crippen LogP contribution is -2.21. The van der Waals surface area contributed by atoms with Gasteiger partial charge in [-0.3, -0.25) is 0 Å². The van der Waals surface area contributed by atoms with E-state index in [0.717, 1.165) is 5.52 Å². The third kappa shape index (κ3) is 1.60. The van der Waals surface area contributed by atoms with E-state index in [1.807, 2.05) is 18.2 Å². The van der Waals surface area contributed by atoms with E-state index >= 15 is 0 Å². The molecular formula is C10H9N5O. The largest absolute Gasteiger partial charge is 0.475 e. The van der Waals surface area contributed by atoms with E-state index < -0.39 is 0 Å². The molecule has 1 atom stereocenters. The first-order valence-electron chi connectivity index (χ1n) is 4.83. The van der Waals surface area contributed by atoms with Gasteiger partial charge in [-0.1, -0.05) is 6.08 Å². The lowest BCUT2D eigenvalue weighted by atomic mass is 10.4. The SMILES string of the molecule is C1=COC(Nc2ncc3[nH]cnc3n2)C=C1. The molecule has 1 aliphatic rings. The molecule has 0 saturated carbocycles. The zero-order valence-corrected chi connectivity index (χ0v) is 8.29. The number of fused-ring (bicyclic) bond motifs is 1. The lowest BCUT2D eigenvalue weighted by molar-refractivity contribution is 0.207. The summed E-state index contributed by atoms with van der Waals surface area (Å²) < 4.78 is 5.29. The van der Waals surface area contributed by atoms with Crippen molar-refractivity contribution in [3.8, 4) is 0 Å². The normalized spacial score (nSPS) is 18.6. The Morgan fingerprint density at radius 2 is 2.31 bits per heavy atom. The Labute approximate surface area is 91.1 Å². The average molecular weight is 215 g/mol. The maximum Gasteiger partial charge on any atom is 0.227 e. The third-order valence-electron chi connectivity index (χ3n) is 2.15. The van der Waals surface area contributed by atoms with Gasteiger partial charge in [0.15, 0.2) is 11.9 Å². The lowest BCUT2D eigenvalue weighted by Gasteiger charge is -2.15. The van der Waals surface area contributed by atoms with Crippen LogP contribution in [0.2, 0.25) is 0 Å². The number of allylic oxidation sites excluding steroid dienone is 2. The number of anilines is 1. The van der Waals surface area contributed by atoms with Crippen LogP contribution in [0.25, 0.3) is 11.2 Å². The predicted molar refractivity (Wildman–Crippen MR) is 58.5 cm³/mol. The highest BCUT2D eigenvalue weighted by molar-refractivity contribution is 5.69. The summed E-state index contributed by atoms with van der Waals surface area (Å²) in [6, 6.07) is 0. The molecule has 16 heavy (non-hydrogen) atoms. The molecule has 0 aromatic carbocycles. The number of ether oxygens (including phenoxy) is 1. The first kappa shape index (κ1) is 8.90. The minimum Gasteiger partial charge on any atom is -0.475 e. The van der Waals surface area contributed by atoms with E-state index in [2.05, 4.69) is 25.3 Å². The second-order valence-corrected chi connectivity index (χ2v) is 3.25. The molecule has 0 bridgehead atoms. The molecule has 0 amide bonds. The van der Waals surface area contributed by atoms with Gasteiger partial charge in [-0.05, 0) is 12.2 Å². The van der Waals surface area contributed by atoms with Gasteiger partial charge in [-0.15, -0.1) is 0 Å². The zero-order chi connectivity index (χ0) is 10.8. The fourth-order valence-corrected chi connectivity index (χ4v) is 1.40. The van der Waals surface area contributed by atoms with Crippen molar-refractivity contribution in [1.82, 2.24) is 19.9 Å². The van der Waals surface area contributed by atoms with Gasteiger partial charge < -0.3 is 15.0 Å². The number of hydrogen-bond acceptors (Lipinski definition) is 5. The highest BCUT2D eigenvalue weighted by Gasteiger charge is 2.08. The Morgan fingerprint density at radius 1 is 1.31 bits per heavy atom. The summed E-state index contributed by atoms with van der Waals surface area (Å²) in [6.07, 6.45) is 10.2. The van der Waals surface area contributed by atoms with Gasteiger partial charge in [-0.2, -0.15) is 4.98 Å². The predicted octanol–water partition coefficient (Wildman–Crippen LogP) is 1.19. The van der Waals surface area contributed by atoms with E-state index in [1.165, 1.54) is 0 Å². The van der Waals surface area contributed by atoms with Crippen LogP contribution in [0.5, 0.6) is 0 Å². The minimum atomic E-state index is -0.235. The summed E-state index contributed by atoms with van der Waals surface area (Å²) >= 11 is 0. The van der Waals surface area contributed by atoms with Gasteiger partial charge in [0, 0.05) is 0 Å². The van der Waals surface area contributed by atoms with E-state index in [0.29, 0.717) is 11.6 Å². The summed E-state index contributed by atoms with van der Waals surface area (Å²) in [5.41, 5.74) is 1.44. The number of nitrogens with one attached hydrogen (secondary N) is 2. The first-order valence-corrected chi connectivity index (χ1v) is 4.83. The molecule has 2 aromatic rings. The smallest absolute Gasteiger partial charge is 0.227 e. The Balaban J connectivity index is 1.83. The van der Waals surface area contributed by atoms with E-state index in [-0.39, 0.29) is 6.23 Å². The minimum absolute atomic E-state index is 0.235. The maximum atomic E-state index is 5.29. The molecule has 2 aromatic heterocycles. The fourth-order valence-electron chi connectivity index (χ4n) is 1.40. The summed E-state index contributed by atoms with van der Waals surface area (Å²) in [4.78, 5) is 15.4. The number of rotatable bonds is 2. The van der Waals surface area contributed by atoms with Crippen molar-refractivity contribution in [3.63, 3.8) is 0 Å². The van der Waals surface area contributed by atoms with Crippen LogP contribution in [0, 0.1) is 0 Å². The van der Waals surface area contributed by atoms with Crippen molar-refractivity contribution < 1.29 is 4.74 Å². The molecule has 0 radical (unpaired) electrons. The first-order chi connectivity index (χ1) is 7.92. The monoisotopic (exact) mass is 215 g/mol. The Kier molecular flexibility index (Phi) is 2.03. The molecule has 0 aliphatic carbocycles. The van der Waals surface area contributed by atoms with Crippen LogP contribution >= 0.6 is 0 Å². The van der Waals surface area contributed by atoms with Gasteiger partial charge in [0.2, 0.25) is 5.95 Å². The molecule has 3 rings (SSSR count). The molecule has 80 valence electrons. The van der Waals surface area contributed by atoms with Crippen LogP contribution in [0.3, 0.4) is 0 Å². The molecule has 3 heterocycles. The van der Waals surface area contributed by atoms with Crippen molar-refractivity contribution in [2.45, 2.75) is 6.23 Å². The van der Waals surface area contributed by atoms with Crippen molar-refractivity contribution >= 4 is 17.1 Å². The van der Waals surface area contributed by atoms with Gasteiger partial charge in [0.1, 0.15) is 5.52 Å². The molecule has 0 fully saturated rings. The third-order valence-corrected chi connectivity index (χ3v) is 2.15. The zero-order valence-electron chi connectivity index (χ0n) is 8.29. The Bertz CT molecular complexity index is 559. The molecule has 6 nitrogen and oxygen atoms in total. The number of nitrogens with zero attached hydrogens (tertiary/aromatic N) is 3. The summed E-state index contributed by atoms with van der Waals surface area (Å²) in [5, 5.41) is 3.03. The van der Waals surface area contributed by atoms with Crippen molar-refractivity contribution in [3.05, 3.63) is 37.0 Å². The van der Waals surface area contributed by atoms with Crippen LogP contribution in [-0.2, 0) is 4.74 Å². The highest BCUT2D eigenvalue weighted by Crippen LogP contribution is 2.10. The summed E-state index contributed by atoms with van der Waals surface area (Å²) in [7, 11) is 0. The van der Waals surface area contributed by atoms with E-state index in [9.17, 15) is 0 Å². The van der Waals surface area contributed by atoms with Crippen LogP contribution in [-0.4, -0.2) is 26.2 Å².